The molecule has 0 aliphatic carbocycles. The molecule has 3 rings (SSSR count). The molecule has 1 atom stereocenters. The van der Waals surface area contributed by atoms with E-state index in [0.29, 0.717) is 17.4 Å². The Morgan fingerprint density at radius 3 is 1.86 bits per heavy atom. The number of rotatable bonds is 17. The van der Waals surface area contributed by atoms with Crippen molar-refractivity contribution >= 4 is 27.5 Å². The lowest BCUT2D eigenvalue weighted by Gasteiger charge is -2.12. The van der Waals surface area contributed by atoms with Crippen molar-refractivity contribution < 1.29 is 9.53 Å². The van der Waals surface area contributed by atoms with Gasteiger partial charge in [-0.2, -0.15) is 0 Å². The zero-order chi connectivity index (χ0) is 26.3. The second-order valence-electron chi connectivity index (χ2n) is 10.6. The van der Waals surface area contributed by atoms with Crippen LogP contribution in [-0.2, 0) is 9.53 Å². The van der Waals surface area contributed by atoms with Crippen LogP contribution in [0.25, 0.3) is 21.5 Å². The molecule has 0 amide bonds. The van der Waals surface area contributed by atoms with Gasteiger partial charge >= 0.3 is 5.97 Å². The first-order chi connectivity index (χ1) is 18.1. The smallest absolute Gasteiger partial charge is 0.313 e. The highest BCUT2D eigenvalue weighted by Crippen LogP contribution is 2.23. The quantitative estimate of drug-likeness (QED) is 0.136. The van der Waals surface area contributed by atoms with Crippen LogP contribution in [0.3, 0.4) is 0 Å². The lowest BCUT2D eigenvalue weighted by atomic mass is 9.98. The molecule has 200 valence electrons. The molecule has 1 unspecified atom stereocenters. The van der Waals surface area contributed by atoms with Crippen LogP contribution in [-0.4, -0.2) is 12.6 Å². The number of carbonyl (C=O) groups excluding carboxylic acids is 1. The molecule has 0 aromatic heterocycles. The van der Waals surface area contributed by atoms with Crippen LogP contribution in [0.4, 0.5) is 0 Å². The first kappa shape index (κ1) is 28.9. The van der Waals surface area contributed by atoms with Crippen molar-refractivity contribution in [3.8, 4) is 0 Å². The number of hydrogen-bond donors (Lipinski definition) is 0. The van der Waals surface area contributed by atoms with Crippen molar-refractivity contribution in [1.29, 1.82) is 0 Å². The fourth-order valence-electron chi connectivity index (χ4n) is 5.10. The Balaban J connectivity index is 1.32. The van der Waals surface area contributed by atoms with Crippen LogP contribution in [0.15, 0.2) is 59.4 Å². The summed E-state index contributed by atoms with van der Waals surface area (Å²) >= 11 is 0. The molecule has 3 nitrogen and oxygen atoms in total. The van der Waals surface area contributed by atoms with Crippen LogP contribution >= 0.6 is 0 Å². The van der Waals surface area contributed by atoms with Gasteiger partial charge in [0, 0.05) is 10.8 Å². The monoisotopic (exact) mass is 502 g/mol. The van der Waals surface area contributed by atoms with E-state index in [1.165, 1.54) is 77.0 Å². The fourth-order valence-corrected chi connectivity index (χ4v) is 5.10. The van der Waals surface area contributed by atoms with Gasteiger partial charge < -0.3 is 4.74 Å². The van der Waals surface area contributed by atoms with E-state index in [0.717, 1.165) is 29.2 Å². The van der Waals surface area contributed by atoms with Crippen molar-refractivity contribution in [2.24, 2.45) is 0 Å². The third-order valence-electron chi connectivity index (χ3n) is 7.56. The molecule has 0 bridgehead atoms. The van der Waals surface area contributed by atoms with Crippen LogP contribution < -0.4 is 5.43 Å². The Hall–Kier alpha value is -2.68. The largest absolute Gasteiger partial charge is 0.465 e. The minimum Gasteiger partial charge on any atom is -0.465 e. The van der Waals surface area contributed by atoms with Crippen molar-refractivity contribution in [3.63, 3.8) is 0 Å². The molecule has 3 aromatic rings. The zero-order valence-corrected chi connectivity index (χ0v) is 23.1. The number of fused-ring (bicyclic) bond motifs is 2. The molecule has 0 saturated heterocycles. The van der Waals surface area contributed by atoms with Gasteiger partial charge in [0.25, 0.3) is 0 Å². The lowest BCUT2D eigenvalue weighted by Crippen LogP contribution is -2.14. The van der Waals surface area contributed by atoms with Crippen LogP contribution in [0.1, 0.15) is 115 Å². The van der Waals surface area contributed by atoms with Gasteiger partial charge in [-0.15, -0.1) is 0 Å². The average Bonchev–Trinajstić information content (AvgIpc) is 3.06. The molecule has 3 aromatic carbocycles. The Labute approximate surface area is 223 Å². The molecule has 37 heavy (non-hydrogen) atoms. The van der Waals surface area contributed by atoms with Crippen molar-refractivity contribution in [2.75, 3.05) is 6.61 Å². The Bertz CT molecular complexity index is 1170. The predicted octanol–water partition coefficient (Wildman–Crippen LogP) is 9.48. The second-order valence-corrected chi connectivity index (χ2v) is 10.6. The van der Waals surface area contributed by atoms with Gasteiger partial charge in [0.2, 0.25) is 0 Å². The van der Waals surface area contributed by atoms with Gasteiger partial charge in [-0.25, -0.2) is 0 Å². The van der Waals surface area contributed by atoms with E-state index in [1.54, 1.807) is 0 Å². The maximum absolute atomic E-state index is 13.0. The minimum absolute atomic E-state index is 0.0233. The van der Waals surface area contributed by atoms with Gasteiger partial charge in [0.15, 0.2) is 5.43 Å². The van der Waals surface area contributed by atoms with Gasteiger partial charge in [-0.05, 0) is 29.7 Å². The molecule has 0 aliphatic rings. The summed E-state index contributed by atoms with van der Waals surface area (Å²) in [5.41, 5.74) is 0.906. The van der Waals surface area contributed by atoms with Gasteiger partial charge in [0.1, 0.15) is 0 Å². The van der Waals surface area contributed by atoms with E-state index in [1.807, 2.05) is 61.5 Å². The lowest BCUT2D eigenvalue weighted by molar-refractivity contribution is -0.145. The Kier molecular flexibility index (Phi) is 12.7. The van der Waals surface area contributed by atoms with E-state index in [9.17, 15) is 9.59 Å². The summed E-state index contributed by atoms with van der Waals surface area (Å²) in [6.07, 6.45) is 18.4. The molecule has 0 heterocycles. The summed E-state index contributed by atoms with van der Waals surface area (Å²) in [4.78, 5) is 25.6. The van der Waals surface area contributed by atoms with Crippen molar-refractivity contribution in [3.05, 3.63) is 70.4 Å². The summed E-state index contributed by atoms with van der Waals surface area (Å²) in [7, 11) is 0. The Morgan fingerprint density at radius 2 is 1.22 bits per heavy atom. The van der Waals surface area contributed by atoms with Crippen molar-refractivity contribution in [2.45, 2.75) is 110 Å². The molecule has 3 heteroatoms. The molecule has 0 fully saturated rings. The van der Waals surface area contributed by atoms with Crippen LogP contribution in [0.5, 0.6) is 0 Å². The minimum atomic E-state index is -0.355. The summed E-state index contributed by atoms with van der Waals surface area (Å²) in [6.45, 7) is 4.64. The van der Waals surface area contributed by atoms with Crippen molar-refractivity contribution in [1.82, 2.24) is 0 Å². The van der Waals surface area contributed by atoms with Gasteiger partial charge in [0.05, 0.1) is 12.5 Å². The summed E-state index contributed by atoms with van der Waals surface area (Å²) in [6, 6.07) is 17.3. The highest BCUT2D eigenvalue weighted by Gasteiger charge is 2.17. The standard InChI is InChI=1S/C34H46O3/c1-3-4-5-6-7-8-9-10-11-12-13-14-15-18-25-37-34(36)27(2)29-23-24-32-30(26-29)22-21-28-19-16-17-20-31(28)33(32)35/h16-17,19-24,26-27H,3-15,18,25H2,1-2H3. The topological polar surface area (TPSA) is 43.4 Å². The number of carbonyl (C=O) groups is 1. The third kappa shape index (κ3) is 9.29. The fraction of sp³-hybridized carbons (Fsp3) is 0.529. The summed E-state index contributed by atoms with van der Waals surface area (Å²) < 4.78 is 5.58. The molecular formula is C34H46O3. The molecule has 0 aliphatic heterocycles. The Morgan fingerprint density at radius 1 is 0.676 bits per heavy atom. The molecule has 0 radical (unpaired) electrons. The van der Waals surface area contributed by atoms with Gasteiger partial charge in [-0.3, -0.25) is 9.59 Å². The second kappa shape index (κ2) is 16.2. The molecular weight excluding hydrogens is 456 g/mol. The predicted molar refractivity (Wildman–Crippen MR) is 157 cm³/mol. The zero-order valence-electron chi connectivity index (χ0n) is 23.1. The third-order valence-corrected chi connectivity index (χ3v) is 7.56. The van der Waals surface area contributed by atoms with Crippen LogP contribution in [0, 0.1) is 0 Å². The SMILES string of the molecule is CCCCCCCCCCCCCCCCOC(=O)C(C)c1ccc2c(=O)c3ccccc3ccc2c1. The maximum Gasteiger partial charge on any atom is 0.313 e. The van der Waals surface area contributed by atoms with E-state index < -0.39 is 0 Å². The molecule has 0 saturated carbocycles. The highest BCUT2D eigenvalue weighted by atomic mass is 16.5. The van der Waals surface area contributed by atoms with Crippen LogP contribution in [0.2, 0.25) is 0 Å². The first-order valence-electron chi connectivity index (χ1n) is 14.7. The number of hydrogen-bond acceptors (Lipinski definition) is 3. The van der Waals surface area contributed by atoms with E-state index in [2.05, 4.69) is 6.92 Å². The number of unbranched alkanes of at least 4 members (excludes halogenated alkanes) is 13. The summed E-state index contributed by atoms with van der Waals surface area (Å²) in [5, 5.41) is 3.16. The van der Waals surface area contributed by atoms with Gasteiger partial charge in [-0.1, -0.05) is 145 Å². The average molecular weight is 503 g/mol. The van der Waals surface area contributed by atoms with E-state index in [4.69, 9.17) is 4.74 Å². The maximum atomic E-state index is 13.0. The first-order valence-corrected chi connectivity index (χ1v) is 14.7. The van der Waals surface area contributed by atoms with E-state index >= 15 is 0 Å². The van der Waals surface area contributed by atoms with E-state index in [-0.39, 0.29) is 17.3 Å². The summed E-state index contributed by atoms with van der Waals surface area (Å²) in [5.74, 6) is -0.548. The number of ether oxygens (including phenoxy) is 1. The molecule has 0 N–H and O–H groups in total. The highest BCUT2D eigenvalue weighted by molar-refractivity contribution is 5.94. The number of benzene rings is 2. The number of esters is 1. The molecule has 0 spiro atoms. The normalized spacial score (nSPS) is 12.2.